The van der Waals surface area contributed by atoms with Crippen molar-refractivity contribution in [2.24, 2.45) is 11.8 Å². The third kappa shape index (κ3) is 1.58. The standard InChI is InChI=1S/C11H14N2OS/c1-6-2-3-9(15-6)11(14)13-10-7-4-12-5-8(7)10/h2-3,7-8,10,12H,4-5H2,1H3,(H,13,14). The summed E-state index contributed by atoms with van der Waals surface area (Å²) in [7, 11) is 0. The fraction of sp³-hybridized carbons (Fsp3) is 0.545. The fourth-order valence-corrected chi connectivity index (χ4v) is 3.18. The van der Waals surface area contributed by atoms with Crippen LogP contribution < -0.4 is 10.6 Å². The van der Waals surface area contributed by atoms with E-state index in [0.717, 1.165) is 18.0 Å². The number of carbonyl (C=O) groups excluding carboxylic acids is 1. The van der Waals surface area contributed by atoms with Gasteiger partial charge in [0, 0.05) is 24.0 Å². The van der Waals surface area contributed by atoms with E-state index in [1.807, 2.05) is 19.1 Å². The van der Waals surface area contributed by atoms with Crippen LogP contribution in [0.5, 0.6) is 0 Å². The zero-order chi connectivity index (χ0) is 10.4. The van der Waals surface area contributed by atoms with E-state index in [2.05, 4.69) is 10.6 Å². The lowest BCUT2D eigenvalue weighted by Crippen LogP contribution is -2.32. The predicted molar refractivity (Wildman–Crippen MR) is 60.2 cm³/mol. The molecule has 1 amide bonds. The summed E-state index contributed by atoms with van der Waals surface area (Å²) in [5.41, 5.74) is 0. The molecule has 2 N–H and O–H groups in total. The van der Waals surface area contributed by atoms with Crippen LogP contribution in [0.4, 0.5) is 0 Å². The van der Waals surface area contributed by atoms with Crippen LogP contribution in [-0.4, -0.2) is 25.0 Å². The van der Waals surface area contributed by atoms with Gasteiger partial charge in [-0.3, -0.25) is 4.79 Å². The first-order chi connectivity index (χ1) is 7.25. The minimum atomic E-state index is 0.104. The van der Waals surface area contributed by atoms with Crippen LogP contribution in [0.3, 0.4) is 0 Å². The van der Waals surface area contributed by atoms with Gasteiger partial charge < -0.3 is 10.6 Å². The van der Waals surface area contributed by atoms with Gasteiger partial charge in [0.1, 0.15) is 0 Å². The Labute approximate surface area is 92.9 Å². The Morgan fingerprint density at radius 1 is 1.47 bits per heavy atom. The van der Waals surface area contributed by atoms with Crippen molar-refractivity contribution in [3.8, 4) is 0 Å². The quantitative estimate of drug-likeness (QED) is 0.784. The minimum absolute atomic E-state index is 0.104. The van der Waals surface area contributed by atoms with Crippen LogP contribution in [0.15, 0.2) is 12.1 Å². The van der Waals surface area contributed by atoms with Gasteiger partial charge >= 0.3 is 0 Å². The molecule has 4 heteroatoms. The highest BCUT2D eigenvalue weighted by molar-refractivity contribution is 7.13. The summed E-state index contributed by atoms with van der Waals surface area (Å²) in [5, 5.41) is 6.44. The van der Waals surface area contributed by atoms with Crippen molar-refractivity contribution in [2.45, 2.75) is 13.0 Å². The Hall–Kier alpha value is -0.870. The first kappa shape index (κ1) is 9.36. The smallest absolute Gasteiger partial charge is 0.261 e. The Balaban J connectivity index is 1.62. The van der Waals surface area contributed by atoms with Gasteiger partial charge in [0.25, 0.3) is 5.91 Å². The maximum Gasteiger partial charge on any atom is 0.261 e. The molecular weight excluding hydrogens is 208 g/mol. The maximum atomic E-state index is 11.8. The van der Waals surface area contributed by atoms with E-state index in [9.17, 15) is 4.79 Å². The average molecular weight is 222 g/mol. The molecule has 0 spiro atoms. The summed E-state index contributed by atoms with van der Waals surface area (Å²) in [5.74, 6) is 1.48. The zero-order valence-electron chi connectivity index (χ0n) is 8.62. The molecule has 0 aromatic carbocycles. The van der Waals surface area contributed by atoms with E-state index in [0.29, 0.717) is 17.9 Å². The molecule has 3 rings (SSSR count). The van der Waals surface area contributed by atoms with Gasteiger partial charge in [-0.2, -0.15) is 0 Å². The normalized spacial score (nSPS) is 32.5. The molecule has 2 fully saturated rings. The highest BCUT2D eigenvalue weighted by atomic mass is 32.1. The van der Waals surface area contributed by atoms with Gasteiger partial charge in [-0.15, -0.1) is 11.3 Å². The molecule has 1 aromatic rings. The summed E-state index contributed by atoms with van der Waals surface area (Å²) in [6, 6.07) is 4.34. The van der Waals surface area contributed by atoms with Gasteiger partial charge in [0.15, 0.2) is 0 Å². The van der Waals surface area contributed by atoms with Gasteiger partial charge in [-0.1, -0.05) is 0 Å². The molecule has 80 valence electrons. The van der Waals surface area contributed by atoms with Crippen molar-refractivity contribution in [1.29, 1.82) is 0 Å². The number of carbonyl (C=O) groups is 1. The number of aryl methyl sites for hydroxylation is 1. The van der Waals surface area contributed by atoms with Crippen molar-refractivity contribution < 1.29 is 4.79 Å². The Morgan fingerprint density at radius 3 is 2.80 bits per heavy atom. The minimum Gasteiger partial charge on any atom is -0.348 e. The second-order valence-corrected chi connectivity index (χ2v) is 5.68. The topological polar surface area (TPSA) is 41.1 Å². The molecule has 1 aliphatic heterocycles. The van der Waals surface area contributed by atoms with Crippen LogP contribution in [0.1, 0.15) is 14.5 Å². The van der Waals surface area contributed by atoms with E-state index >= 15 is 0 Å². The van der Waals surface area contributed by atoms with Crippen LogP contribution in [-0.2, 0) is 0 Å². The first-order valence-electron chi connectivity index (χ1n) is 5.34. The maximum absolute atomic E-state index is 11.8. The highest BCUT2D eigenvalue weighted by Crippen LogP contribution is 2.41. The summed E-state index contributed by atoms with van der Waals surface area (Å²) in [6.45, 7) is 4.16. The molecule has 3 nitrogen and oxygen atoms in total. The van der Waals surface area contributed by atoms with E-state index < -0.39 is 0 Å². The molecule has 1 aliphatic carbocycles. The number of nitrogens with one attached hydrogen (secondary N) is 2. The molecule has 15 heavy (non-hydrogen) atoms. The summed E-state index contributed by atoms with van der Waals surface area (Å²) in [4.78, 5) is 13.8. The summed E-state index contributed by atoms with van der Waals surface area (Å²) >= 11 is 1.57. The molecule has 1 saturated carbocycles. The number of rotatable bonds is 2. The van der Waals surface area contributed by atoms with Gasteiger partial charge in [0.05, 0.1) is 4.88 Å². The van der Waals surface area contributed by atoms with Crippen molar-refractivity contribution in [3.05, 3.63) is 21.9 Å². The Kier molecular flexibility index (Phi) is 2.07. The van der Waals surface area contributed by atoms with E-state index in [-0.39, 0.29) is 5.91 Å². The lowest BCUT2D eigenvalue weighted by atomic mass is 10.4. The van der Waals surface area contributed by atoms with Crippen molar-refractivity contribution in [2.75, 3.05) is 13.1 Å². The average Bonchev–Trinajstić information content (AvgIpc) is 2.66. The summed E-state index contributed by atoms with van der Waals surface area (Å²) in [6.07, 6.45) is 0. The zero-order valence-corrected chi connectivity index (χ0v) is 9.43. The van der Waals surface area contributed by atoms with Crippen LogP contribution in [0.2, 0.25) is 0 Å². The summed E-state index contributed by atoms with van der Waals surface area (Å²) < 4.78 is 0. The first-order valence-corrected chi connectivity index (χ1v) is 6.15. The van der Waals surface area contributed by atoms with Gasteiger partial charge in [0.2, 0.25) is 0 Å². The van der Waals surface area contributed by atoms with Crippen LogP contribution >= 0.6 is 11.3 Å². The van der Waals surface area contributed by atoms with Crippen molar-refractivity contribution in [1.82, 2.24) is 10.6 Å². The number of piperidine rings is 1. The lowest BCUT2D eigenvalue weighted by Gasteiger charge is -2.05. The largest absolute Gasteiger partial charge is 0.348 e. The Bertz CT molecular complexity index is 391. The second kappa shape index (κ2) is 3.32. The molecule has 2 unspecified atom stereocenters. The number of hydrogen-bond acceptors (Lipinski definition) is 3. The molecule has 2 heterocycles. The third-order valence-corrected chi connectivity index (χ3v) is 4.35. The predicted octanol–water partition coefficient (Wildman–Crippen LogP) is 1.00. The number of thiophene rings is 1. The Morgan fingerprint density at radius 2 is 2.20 bits per heavy atom. The molecule has 1 aromatic heterocycles. The second-order valence-electron chi connectivity index (χ2n) is 4.40. The third-order valence-electron chi connectivity index (χ3n) is 3.35. The van der Waals surface area contributed by atoms with Crippen LogP contribution in [0, 0.1) is 18.8 Å². The molecule has 0 radical (unpaired) electrons. The fourth-order valence-electron chi connectivity index (χ4n) is 2.41. The monoisotopic (exact) mass is 222 g/mol. The van der Waals surface area contributed by atoms with Gasteiger partial charge in [-0.05, 0) is 30.9 Å². The van der Waals surface area contributed by atoms with Gasteiger partial charge in [-0.25, -0.2) is 0 Å². The number of amides is 1. The van der Waals surface area contributed by atoms with Crippen molar-refractivity contribution in [3.63, 3.8) is 0 Å². The van der Waals surface area contributed by atoms with Crippen molar-refractivity contribution >= 4 is 17.2 Å². The van der Waals surface area contributed by atoms with E-state index in [4.69, 9.17) is 0 Å². The SMILES string of the molecule is Cc1ccc(C(=O)NC2C3CNCC32)s1. The molecule has 1 saturated heterocycles. The van der Waals surface area contributed by atoms with Crippen LogP contribution in [0.25, 0.3) is 0 Å². The number of hydrogen-bond donors (Lipinski definition) is 2. The highest BCUT2D eigenvalue weighted by Gasteiger charge is 2.53. The lowest BCUT2D eigenvalue weighted by molar-refractivity contribution is 0.0950. The molecule has 2 aliphatic rings. The van der Waals surface area contributed by atoms with E-state index in [1.165, 1.54) is 4.88 Å². The number of fused-ring (bicyclic) bond motifs is 1. The molecule has 2 atom stereocenters. The molecular formula is C11H14N2OS. The van der Waals surface area contributed by atoms with E-state index in [1.54, 1.807) is 11.3 Å². The molecule has 0 bridgehead atoms.